The molecule has 0 fully saturated rings. The van der Waals surface area contributed by atoms with Crippen LogP contribution in [-0.4, -0.2) is 49.1 Å². The zero-order chi connectivity index (χ0) is 12.1. The second-order valence-corrected chi connectivity index (χ2v) is 4.51. The highest BCUT2D eigenvalue weighted by Gasteiger charge is 2.29. The van der Waals surface area contributed by atoms with Crippen LogP contribution < -0.4 is 5.32 Å². The number of carboxylic acids is 1. The summed E-state index contributed by atoms with van der Waals surface area (Å²) in [4.78, 5) is 24.1. The van der Waals surface area contributed by atoms with Crippen molar-refractivity contribution < 1.29 is 14.7 Å². The smallest absolute Gasteiger partial charge is 0.304 e. The molecule has 0 atom stereocenters. The number of carbonyl (C=O) groups excluding carboxylic acids is 1. The van der Waals surface area contributed by atoms with E-state index >= 15 is 0 Å². The van der Waals surface area contributed by atoms with Crippen LogP contribution in [0.15, 0.2) is 0 Å². The summed E-state index contributed by atoms with van der Waals surface area (Å²) < 4.78 is 0. The number of aliphatic carboxylic acids is 1. The first-order valence-electron chi connectivity index (χ1n) is 4.90. The molecule has 0 aliphatic heterocycles. The Labute approximate surface area is 90.5 Å². The summed E-state index contributed by atoms with van der Waals surface area (Å²) in [7, 11) is 3.82. The monoisotopic (exact) mass is 216 g/mol. The van der Waals surface area contributed by atoms with Gasteiger partial charge in [-0.05, 0) is 14.1 Å². The largest absolute Gasteiger partial charge is 0.481 e. The molecule has 0 spiro atoms. The molecule has 1 amide bonds. The van der Waals surface area contributed by atoms with Crippen molar-refractivity contribution in [1.82, 2.24) is 10.2 Å². The molecule has 0 saturated carbocycles. The van der Waals surface area contributed by atoms with Crippen LogP contribution in [0.1, 0.15) is 20.3 Å². The van der Waals surface area contributed by atoms with E-state index in [2.05, 4.69) is 5.32 Å². The Morgan fingerprint density at radius 3 is 2.27 bits per heavy atom. The molecule has 0 bridgehead atoms. The van der Waals surface area contributed by atoms with Crippen molar-refractivity contribution in [3.63, 3.8) is 0 Å². The van der Waals surface area contributed by atoms with Gasteiger partial charge in [0.05, 0.1) is 11.8 Å². The zero-order valence-electron chi connectivity index (χ0n) is 9.83. The van der Waals surface area contributed by atoms with Gasteiger partial charge in [0, 0.05) is 13.1 Å². The van der Waals surface area contributed by atoms with Gasteiger partial charge in [0.1, 0.15) is 0 Å². The maximum absolute atomic E-state index is 11.6. The van der Waals surface area contributed by atoms with Crippen molar-refractivity contribution in [3.05, 3.63) is 0 Å². The average molecular weight is 216 g/mol. The van der Waals surface area contributed by atoms with E-state index in [-0.39, 0.29) is 12.3 Å². The molecule has 0 aromatic rings. The quantitative estimate of drug-likeness (QED) is 0.664. The predicted molar refractivity (Wildman–Crippen MR) is 57.6 cm³/mol. The summed E-state index contributed by atoms with van der Waals surface area (Å²) in [6.07, 6.45) is -0.152. The number of hydrogen-bond donors (Lipinski definition) is 2. The first-order chi connectivity index (χ1) is 6.75. The molecule has 0 rings (SSSR count). The molecule has 15 heavy (non-hydrogen) atoms. The summed E-state index contributed by atoms with van der Waals surface area (Å²) in [5.74, 6) is -1.17. The lowest BCUT2D eigenvalue weighted by molar-refractivity contribution is -0.144. The summed E-state index contributed by atoms with van der Waals surface area (Å²) in [5, 5.41) is 11.3. The minimum Gasteiger partial charge on any atom is -0.481 e. The van der Waals surface area contributed by atoms with E-state index in [1.165, 1.54) is 0 Å². The number of rotatable bonds is 6. The Hall–Kier alpha value is -1.10. The van der Waals surface area contributed by atoms with Crippen LogP contribution in [0.5, 0.6) is 0 Å². The summed E-state index contributed by atoms with van der Waals surface area (Å²) in [6, 6.07) is 0. The number of amides is 1. The summed E-state index contributed by atoms with van der Waals surface area (Å²) in [6.45, 7) is 4.54. The zero-order valence-corrected chi connectivity index (χ0v) is 9.83. The number of likely N-dealkylation sites (N-methyl/N-ethyl adjacent to an activating group) is 1. The second-order valence-electron chi connectivity index (χ2n) is 4.51. The minimum absolute atomic E-state index is 0.152. The average Bonchev–Trinajstić information content (AvgIpc) is 2.00. The molecule has 0 aliphatic carbocycles. The first kappa shape index (κ1) is 13.9. The standard InChI is InChI=1S/C10H20N2O3/c1-10(2,7-8(13)14)9(15)11-5-6-12(3)4/h5-7H2,1-4H3,(H,11,15)(H,13,14). The number of carbonyl (C=O) groups is 2. The van der Waals surface area contributed by atoms with Gasteiger partial charge in [-0.3, -0.25) is 9.59 Å². The Morgan fingerprint density at radius 1 is 1.33 bits per heavy atom. The van der Waals surface area contributed by atoms with Gasteiger partial charge in [-0.15, -0.1) is 0 Å². The van der Waals surface area contributed by atoms with E-state index in [0.29, 0.717) is 6.54 Å². The van der Waals surface area contributed by atoms with Crippen molar-refractivity contribution in [1.29, 1.82) is 0 Å². The lowest BCUT2D eigenvalue weighted by Crippen LogP contribution is -2.41. The van der Waals surface area contributed by atoms with Crippen LogP contribution in [0.3, 0.4) is 0 Å². The van der Waals surface area contributed by atoms with Crippen LogP contribution in [0, 0.1) is 5.41 Å². The molecule has 88 valence electrons. The molecule has 0 radical (unpaired) electrons. The van der Waals surface area contributed by atoms with Crippen molar-refractivity contribution in [2.24, 2.45) is 5.41 Å². The molecule has 0 heterocycles. The van der Waals surface area contributed by atoms with E-state index < -0.39 is 11.4 Å². The Balaban J connectivity index is 4.02. The van der Waals surface area contributed by atoms with Crippen molar-refractivity contribution in [3.8, 4) is 0 Å². The van der Waals surface area contributed by atoms with Gasteiger partial charge >= 0.3 is 5.97 Å². The van der Waals surface area contributed by atoms with Gasteiger partial charge in [-0.1, -0.05) is 13.8 Å². The van der Waals surface area contributed by atoms with E-state index in [1.807, 2.05) is 19.0 Å². The van der Waals surface area contributed by atoms with Crippen LogP contribution in [-0.2, 0) is 9.59 Å². The second kappa shape index (κ2) is 5.70. The molecule has 2 N–H and O–H groups in total. The highest BCUT2D eigenvalue weighted by atomic mass is 16.4. The fraction of sp³-hybridized carbons (Fsp3) is 0.800. The number of nitrogens with zero attached hydrogens (tertiary/aromatic N) is 1. The maximum Gasteiger partial charge on any atom is 0.304 e. The molecular weight excluding hydrogens is 196 g/mol. The summed E-state index contributed by atoms with van der Waals surface area (Å²) >= 11 is 0. The third-order valence-electron chi connectivity index (χ3n) is 2.05. The molecule has 5 nitrogen and oxygen atoms in total. The number of hydrogen-bond acceptors (Lipinski definition) is 3. The molecule has 0 aromatic heterocycles. The van der Waals surface area contributed by atoms with Gasteiger partial charge in [-0.25, -0.2) is 0 Å². The van der Waals surface area contributed by atoms with E-state index in [4.69, 9.17) is 5.11 Å². The minimum atomic E-state index is -0.956. The van der Waals surface area contributed by atoms with Crippen LogP contribution in [0.25, 0.3) is 0 Å². The van der Waals surface area contributed by atoms with Gasteiger partial charge < -0.3 is 15.3 Å². The molecule has 0 aliphatic rings. The van der Waals surface area contributed by atoms with E-state index in [0.717, 1.165) is 6.54 Å². The van der Waals surface area contributed by atoms with Crippen LogP contribution in [0.2, 0.25) is 0 Å². The van der Waals surface area contributed by atoms with Crippen molar-refractivity contribution in [2.45, 2.75) is 20.3 Å². The van der Waals surface area contributed by atoms with Gasteiger partial charge in [-0.2, -0.15) is 0 Å². The Morgan fingerprint density at radius 2 is 1.87 bits per heavy atom. The van der Waals surface area contributed by atoms with Crippen molar-refractivity contribution >= 4 is 11.9 Å². The topological polar surface area (TPSA) is 69.6 Å². The van der Waals surface area contributed by atoms with Crippen LogP contribution >= 0.6 is 0 Å². The lowest BCUT2D eigenvalue weighted by Gasteiger charge is -2.22. The molecule has 0 aromatic carbocycles. The molecule has 0 saturated heterocycles. The third kappa shape index (κ3) is 6.06. The third-order valence-corrected chi connectivity index (χ3v) is 2.05. The first-order valence-corrected chi connectivity index (χ1v) is 4.90. The molecule has 5 heteroatoms. The highest BCUT2D eigenvalue weighted by molar-refractivity contribution is 5.86. The Bertz CT molecular complexity index is 237. The van der Waals surface area contributed by atoms with E-state index in [9.17, 15) is 9.59 Å². The fourth-order valence-corrected chi connectivity index (χ4v) is 1.09. The number of carboxylic acid groups (broad SMARTS) is 1. The summed E-state index contributed by atoms with van der Waals surface area (Å²) in [5.41, 5.74) is -0.849. The molecule has 0 unspecified atom stereocenters. The van der Waals surface area contributed by atoms with E-state index in [1.54, 1.807) is 13.8 Å². The van der Waals surface area contributed by atoms with Gasteiger partial charge in [0.2, 0.25) is 5.91 Å². The SMILES string of the molecule is CN(C)CCNC(=O)C(C)(C)CC(=O)O. The molecular formula is C10H20N2O3. The normalized spacial score (nSPS) is 11.5. The number of nitrogens with one attached hydrogen (secondary N) is 1. The van der Waals surface area contributed by atoms with Gasteiger partial charge in [0.25, 0.3) is 0 Å². The maximum atomic E-state index is 11.6. The fourth-order valence-electron chi connectivity index (χ4n) is 1.09. The van der Waals surface area contributed by atoms with Crippen molar-refractivity contribution in [2.75, 3.05) is 27.2 Å². The predicted octanol–water partition coefficient (Wildman–Crippen LogP) is 0.165. The van der Waals surface area contributed by atoms with Gasteiger partial charge in [0.15, 0.2) is 0 Å². The lowest BCUT2D eigenvalue weighted by atomic mass is 9.88. The Kier molecular flexibility index (Phi) is 5.28. The highest BCUT2D eigenvalue weighted by Crippen LogP contribution is 2.19. The van der Waals surface area contributed by atoms with Crippen LogP contribution in [0.4, 0.5) is 0 Å².